The minimum absolute atomic E-state index is 0.0739. The molecule has 4 atom stereocenters. The van der Waals surface area contributed by atoms with Gasteiger partial charge < -0.3 is 39.7 Å². The third-order valence-electron chi connectivity index (χ3n) is 17.0. The van der Waals surface area contributed by atoms with E-state index in [1.54, 1.807) is 0 Å². The number of hydrogen-bond donors (Lipinski definition) is 5. The standard InChI is InChI=1S/C21H42O3S.C19H38O3.C19H36O3.C18H36O3/c1-3-4-5-6-9-12-15-20(25-19-18-22)16-13-10-7-8-11-14-17-21(23)24-2;2*1-3-4-5-12-15-18(20)16-13-10-8-6-7-9-11-14-17-19(21)22-2;1-2-3-4-11-14-17(19)15-12-9-7-5-6-8-10-13-16-18(20)21/h20,22H,3-19H2,1-2H3;18,20H,3-17H2,1-2H3;10,13,18,20H,3-9,11-12,14-17H2,1-2H3;17,19H,2-16H2,1H3,(H,20,21)/b;;13-10-;. The number of carbonyl (C=O) groups excluding carboxylic acids is 3. The molecule has 13 heteroatoms. The predicted molar refractivity (Wildman–Crippen MR) is 385 cm³/mol. The summed E-state index contributed by atoms with van der Waals surface area (Å²) in [4.78, 5) is 43.2. The minimum atomic E-state index is -0.678. The maximum atomic E-state index is 11.0. The Morgan fingerprint density at radius 2 is 0.589 bits per heavy atom. The molecule has 0 bridgehead atoms. The van der Waals surface area contributed by atoms with Gasteiger partial charge in [-0.3, -0.25) is 19.2 Å². The van der Waals surface area contributed by atoms with Crippen LogP contribution in [-0.2, 0) is 33.4 Å². The second-order valence-corrected chi connectivity index (χ2v) is 27.2. The summed E-state index contributed by atoms with van der Waals surface area (Å²) < 4.78 is 13.9. The molecule has 0 rings (SSSR count). The highest BCUT2D eigenvalue weighted by Crippen LogP contribution is 2.25. The third-order valence-corrected chi connectivity index (χ3v) is 18.4. The number of aliphatic hydroxyl groups is 4. The van der Waals surface area contributed by atoms with Crippen LogP contribution in [0.25, 0.3) is 0 Å². The summed E-state index contributed by atoms with van der Waals surface area (Å²) in [5, 5.41) is 47.9. The molecule has 0 aromatic heterocycles. The minimum Gasteiger partial charge on any atom is -0.481 e. The van der Waals surface area contributed by atoms with Crippen molar-refractivity contribution in [1.82, 2.24) is 0 Å². The van der Waals surface area contributed by atoms with Gasteiger partial charge in [0.05, 0.1) is 46.2 Å². The van der Waals surface area contributed by atoms with E-state index in [1.807, 2.05) is 11.8 Å². The van der Waals surface area contributed by atoms with E-state index in [0.29, 0.717) is 32.3 Å². The number of carboxylic acids is 1. The van der Waals surface area contributed by atoms with Gasteiger partial charge in [0.2, 0.25) is 0 Å². The highest BCUT2D eigenvalue weighted by atomic mass is 32.2. The Bertz CT molecular complexity index is 1450. The molecule has 5 N–H and O–H groups in total. The summed E-state index contributed by atoms with van der Waals surface area (Å²) in [5.41, 5.74) is 0. The van der Waals surface area contributed by atoms with Crippen molar-refractivity contribution in [2.45, 2.75) is 424 Å². The molecule has 0 radical (unpaired) electrons. The molecular weight excluding hydrogens is 1150 g/mol. The summed E-state index contributed by atoms with van der Waals surface area (Å²) in [6.45, 7) is 9.20. The van der Waals surface area contributed by atoms with Gasteiger partial charge in [-0.1, -0.05) is 297 Å². The van der Waals surface area contributed by atoms with Crippen molar-refractivity contribution < 1.29 is 58.9 Å². The number of methoxy groups -OCH3 is 3. The lowest BCUT2D eigenvalue weighted by Crippen LogP contribution is -2.05. The fourth-order valence-electron chi connectivity index (χ4n) is 11.0. The molecule has 0 aromatic carbocycles. The van der Waals surface area contributed by atoms with Crippen molar-refractivity contribution in [3.05, 3.63) is 12.2 Å². The quantitative estimate of drug-likeness (QED) is 0.0167. The second-order valence-electron chi connectivity index (χ2n) is 25.8. The fourth-order valence-corrected chi connectivity index (χ4v) is 12.1. The Morgan fingerprint density at radius 1 is 0.333 bits per heavy atom. The molecule has 538 valence electrons. The van der Waals surface area contributed by atoms with Crippen LogP contribution < -0.4 is 0 Å². The molecular formula is C77H152O12S. The molecule has 0 saturated carbocycles. The summed E-state index contributed by atoms with van der Waals surface area (Å²) in [5.74, 6) is -0.0697. The van der Waals surface area contributed by atoms with Crippen LogP contribution in [0.3, 0.4) is 0 Å². The van der Waals surface area contributed by atoms with E-state index >= 15 is 0 Å². The molecule has 0 amide bonds. The number of allylic oxidation sites excluding steroid dienone is 1. The first-order chi connectivity index (χ1) is 43.8. The first-order valence-electron chi connectivity index (χ1n) is 38.2. The third kappa shape index (κ3) is 87.9. The van der Waals surface area contributed by atoms with E-state index < -0.39 is 5.97 Å². The molecule has 0 aliphatic heterocycles. The summed E-state index contributed by atoms with van der Waals surface area (Å²) in [6, 6.07) is 0. The number of aliphatic carboxylic acids is 1. The maximum absolute atomic E-state index is 11.0. The SMILES string of the molecule is CCCCCCC(O)C/C=C\CCCCCCCC(=O)OC.CCCCCCC(O)CCCCCCCCCCC(=O)O.CCCCCCC(O)CCCCCCCCCCC(=O)OC.CCCCCCCCC(CCCCCCCCC(=O)OC)SCCO. The number of aliphatic hydroxyl groups excluding tert-OH is 4. The average Bonchev–Trinajstić information content (AvgIpc) is 3.59. The Morgan fingerprint density at radius 3 is 0.889 bits per heavy atom. The Labute approximate surface area is 561 Å². The van der Waals surface area contributed by atoms with Gasteiger partial charge in [-0.2, -0.15) is 11.8 Å². The van der Waals surface area contributed by atoms with Gasteiger partial charge in [0, 0.05) is 36.7 Å². The second kappa shape index (κ2) is 82.9. The number of carboxylic acid groups (broad SMARTS) is 1. The number of thioether (sulfide) groups is 1. The van der Waals surface area contributed by atoms with Crippen LogP contribution >= 0.6 is 11.8 Å². The molecule has 90 heavy (non-hydrogen) atoms. The summed E-state index contributed by atoms with van der Waals surface area (Å²) in [6.07, 6.45) is 69.9. The zero-order valence-corrected chi connectivity index (χ0v) is 61.2. The van der Waals surface area contributed by atoms with Crippen LogP contribution in [0.15, 0.2) is 12.2 Å². The van der Waals surface area contributed by atoms with Gasteiger partial charge in [0.15, 0.2) is 0 Å². The topological polar surface area (TPSA) is 197 Å². The van der Waals surface area contributed by atoms with E-state index in [9.17, 15) is 34.5 Å². The highest BCUT2D eigenvalue weighted by Gasteiger charge is 2.10. The number of hydrogen-bond acceptors (Lipinski definition) is 12. The Kier molecular flexibility index (Phi) is 86.8. The van der Waals surface area contributed by atoms with Gasteiger partial charge in [-0.05, 0) is 89.9 Å². The summed E-state index contributed by atoms with van der Waals surface area (Å²) >= 11 is 1.97. The lowest BCUT2D eigenvalue weighted by Gasteiger charge is -2.16. The zero-order valence-electron chi connectivity index (χ0n) is 60.4. The number of carbonyl (C=O) groups is 4. The number of rotatable bonds is 66. The fraction of sp³-hybridized carbons (Fsp3) is 0.922. The van der Waals surface area contributed by atoms with Crippen molar-refractivity contribution >= 4 is 35.6 Å². The number of esters is 3. The van der Waals surface area contributed by atoms with Gasteiger partial charge >= 0.3 is 23.9 Å². The number of unbranched alkanes of at least 4 members (excludes halogenated alkanes) is 38. The van der Waals surface area contributed by atoms with E-state index in [1.165, 1.54) is 246 Å². The first-order valence-corrected chi connectivity index (χ1v) is 39.2. The van der Waals surface area contributed by atoms with Crippen molar-refractivity contribution in [3.8, 4) is 0 Å². The van der Waals surface area contributed by atoms with Gasteiger partial charge in [0.1, 0.15) is 0 Å². The maximum Gasteiger partial charge on any atom is 0.305 e. The molecule has 0 saturated heterocycles. The van der Waals surface area contributed by atoms with Crippen molar-refractivity contribution in [1.29, 1.82) is 0 Å². The molecule has 0 aliphatic rings. The van der Waals surface area contributed by atoms with E-state index in [4.69, 9.17) is 10.2 Å². The van der Waals surface area contributed by atoms with Crippen LogP contribution in [0.5, 0.6) is 0 Å². The number of ether oxygens (including phenoxy) is 3. The van der Waals surface area contributed by atoms with Crippen molar-refractivity contribution in [2.24, 2.45) is 0 Å². The Hall–Kier alpha value is -2.19. The van der Waals surface area contributed by atoms with Crippen molar-refractivity contribution in [2.75, 3.05) is 33.7 Å². The largest absolute Gasteiger partial charge is 0.481 e. The van der Waals surface area contributed by atoms with Gasteiger partial charge in [-0.25, -0.2) is 0 Å². The predicted octanol–water partition coefficient (Wildman–Crippen LogP) is 22.0. The van der Waals surface area contributed by atoms with E-state index in [0.717, 1.165) is 133 Å². The van der Waals surface area contributed by atoms with Crippen LogP contribution in [0.4, 0.5) is 0 Å². The molecule has 12 nitrogen and oxygen atoms in total. The molecule has 0 spiro atoms. The summed E-state index contributed by atoms with van der Waals surface area (Å²) in [7, 11) is 4.35. The van der Waals surface area contributed by atoms with Crippen LogP contribution in [0.1, 0.15) is 400 Å². The molecule has 4 unspecified atom stereocenters. The zero-order chi connectivity index (χ0) is 67.3. The average molecular weight is 1300 g/mol. The Balaban J connectivity index is -0.000000549. The lowest BCUT2D eigenvalue weighted by molar-refractivity contribution is -0.141. The van der Waals surface area contributed by atoms with Crippen LogP contribution in [0, 0.1) is 0 Å². The van der Waals surface area contributed by atoms with E-state index in [-0.39, 0.29) is 36.2 Å². The van der Waals surface area contributed by atoms with Gasteiger partial charge in [0.25, 0.3) is 0 Å². The monoisotopic (exact) mass is 1300 g/mol. The first kappa shape index (κ1) is 94.2. The molecule has 0 aromatic rings. The van der Waals surface area contributed by atoms with Gasteiger partial charge in [-0.15, -0.1) is 0 Å². The molecule has 0 heterocycles. The molecule has 0 aliphatic carbocycles. The van der Waals surface area contributed by atoms with E-state index in [2.05, 4.69) is 54.1 Å². The smallest absolute Gasteiger partial charge is 0.305 e. The van der Waals surface area contributed by atoms with Crippen molar-refractivity contribution in [3.63, 3.8) is 0 Å². The lowest BCUT2D eigenvalue weighted by atomic mass is 10.0. The van der Waals surface area contributed by atoms with Crippen LogP contribution in [0.2, 0.25) is 0 Å². The van der Waals surface area contributed by atoms with Crippen LogP contribution in [-0.4, -0.2) is 107 Å². The highest BCUT2D eigenvalue weighted by molar-refractivity contribution is 7.99. The molecule has 0 fully saturated rings. The normalized spacial score (nSPS) is 12.4.